The summed E-state index contributed by atoms with van der Waals surface area (Å²) in [7, 11) is 0. The number of aromatic nitrogens is 2. The highest BCUT2D eigenvalue weighted by atomic mass is 16.5. The standard InChI is InChI=1S/C20H25N3O4/c1-4-22-19(25)16-11-6-5-10-15(16)18(21-22)20(26)27-12-17(24)23-13(2)8-7-9-14(23)3/h5-6,10-11,13-14H,4,7-9,12H2,1-3H3/t13-,14-/m1/s1. The van der Waals surface area contributed by atoms with Gasteiger partial charge in [-0.25, -0.2) is 9.48 Å². The summed E-state index contributed by atoms with van der Waals surface area (Å²) in [6.45, 7) is 5.82. The van der Waals surface area contributed by atoms with Crippen LogP contribution in [0, 0.1) is 0 Å². The number of hydrogen-bond donors (Lipinski definition) is 0. The fraction of sp³-hybridized carbons (Fsp3) is 0.500. The van der Waals surface area contributed by atoms with Crippen LogP contribution >= 0.6 is 0 Å². The number of aryl methyl sites for hydroxylation is 1. The summed E-state index contributed by atoms with van der Waals surface area (Å²) >= 11 is 0. The fourth-order valence-corrected chi connectivity index (χ4v) is 3.78. The SMILES string of the molecule is CCn1nc(C(=O)OCC(=O)N2[C@H](C)CCC[C@H]2C)c2ccccc2c1=O. The van der Waals surface area contributed by atoms with E-state index in [0.717, 1.165) is 19.3 Å². The molecule has 1 fully saturated rings. The lowest BCUT2D eigenvalue weighted by Crippen LogP contribution is -2.49. The van der Waals surface area contributed by atoms with Crippen LogP contribution in [0.15, 0.2) is 29.1 Å². The van der Waals surface area contributed by atoms with E-state index < -0.39 is 5.97 Å². The van der Waals surface area contributed by atoms with E-state index in [9.17, 15) is 14.4 Å². The molecule has 0 N–H and O–H groups in total. The minimum atomic E-state index is -0.695. The van der Waals surface area contributed by atoms with Crippen molar-refractivity contribution in [3.05, 3.63) is 40.3 Å². The van der Waals surface area contributed by atoms with E-state index in [0.29, 0.717) is 17.3 Å². The second-order valence-electron chi connectivity index (χ2n) is 7.02. The summed E-state index contributed by atoms with van der Waals surface area (Å²) in [4.78, 5) is 39.4. The van der Waals surface area contributed by atoms with Gasteiger partial charge in [0.25, 0.3) is 11.5 Å². The largest absolute Gasteiger partial charge is 0.451 e. The van der Waals surface area contributed by atoms with Crippen molar-refractivity contribution in [1.82, 2.24) is 14.7 Å². The monoisotopic (exact) mass is 371 g/mol. The maximum absolute atomic E-state index is 12.6. The van der Waals surface area contributed by atoms with Gasteiger partial charge in [0.05, 0.1) is 5.39 Å². The molecule has 1 amide bonds. The first-order chi connectivity index (χ1) is 12.9. The molecule has 1 aliphatic rings. The van der Waals surface area contributed by atoms with Gasteiger partial charge in [-0.1, -0.05) is 18.2 Å². The van der Waals surface area contributed by atoms with Gasteiger partial charge < -0.3 is 9.64 Å². The third kappa shape index (κ3) is 3.72. The highest BCUT2D eigenvalue weighted by molar-refractivity contribution is 6.02. The normalized spacial score (nSPS) is 19.9. The van der Waals surface area contributed by atoms with E-state index in [1.165, 1.54) is 4.68 Å². The van der Waals surface area contributed by atoms with Gasteiger partial charge in [-0.05, 0) is 46.1 Å². The lowest BCUT2D eigenvalue weighted by atomic mass is 9.97. The van der Waals surface area contributed by atoms with E-state index in [4.69, 9.17) is 4.74 Å². The molecule has 0 aliphatic carbocycles. The third-order valence-corrected chi connectivity index (χ3v) is 5.17. The quantitative estimate of drug-likeness (QED) is 0.771. The van der Waals surface area contributed by atoms with Crippen LogP contribution in [0.25, 0.3) is 10.8 Å². The number of benzene rings is 1. The first-order valence-corrected chi connectivity index (χ1v) is 9.42. The Morgan fingerprint density at radius 2 is 1.78 bits per heavy atom. The van der Waals surface area contributed by atoms with Gasteiger partial charge in [0.15, 0.2) is 12.3 Å². The molecule has 3 rings (SSSR count). The average Bonchev–Trinajstić information content (AvgIpc) is 2.66. The number of likely N-dealkylation sites (tertiary alicyclic amines) is 1. The molecule has 2 atom stereocenters. The second-order valence-corrected chi connectivity index (χ2v) is 7.02. The van der Waals surface area contributed by atoms with Crippen molar-refractivity contribution < 1.29 is 14.3 Å². The number of hydrogen-bond acceptors (Lipinski definition) is 5. The number of rotatable bonds is 4. The van der Waals surface area contributed by atoms with Crippen molar-refractivity contribution in [2.75, 3.05) is 6.61 Å². The summed E-state index contributed by atoms with van der Waals surface area (Å²) in [5.41, 5.74) is -0.198. The Morgan fingerprint density at radius 1 is 1.15 bits per heavy atom. The Balaban J connectivity index is 1.81. The lowest BCUT2D eigenvalue weighted by Gasteiger charge is -2.38. The van der Waals surface area contributed by atoms with Crippen molar-refractivity contribution >= 4 is 22.6 Å². The summed E-state index contributed by atoms with van der Waals surface area (Å²) in [5, 5.41) is 4.99. The summed E-state index contributed by atoms with van der Waals surface area (Å²) in [6.07, 6.45) is 3.01. The minimum Gasteiger partial charge on any atom is -0.451 e. The van der Waals surface area contributed by atoms with Gasteiger partial charge in [0.2, 0.25) is 0 Å². The number of esters is 1. The molecule has 1 aliphatic heterocycles. The number of ether oxygens (including phenoxy) is 1. The summed E-state index contributed by atoms with van der Waals surface area (Å²) in [6, 6.07) is 7.07. The van der Waals surface area contributed by atoms with Gasteiger partial charge in [-0.3, -0.25) is 9.59 Å². The molecule has 1 aromatic carbocycles. The van der Waals surface area contributed by atoms with Crippen LogP contribution in [0.3, 0.4) is 0 Å². The minimum absolute atomic E-state index is 0.0552. The number of nitrogens with zero attached hydrogens (tertiary/aromatic N) is 3. The maximum Gasteiger partial charge on any atom is 0.359 e. The zero-order valence-electron chi connectivity index (χ0n) is 16.0. The fourth-order valence-electron chi connectivity index (χ4n) is 3.78. The molecule has 0 unspecified atom stereocenters. The Bertz CT molecular complexity index is 911. The molecule has 1 aromatic heterocycles. The summed E-state index contributed by atoms with van der Waals surface area (Å²) in [5.74, 6) is -0.893. The molecule has 0 spiro atoms. The van der Waals surface area contributed by atoms with Gasteiger partial charge in [0.1, 0.15) is 0 Å². The topological polar surface area (TPSA) is 81.5 Å². The molecular formula is C20H25N3O4. The molecule has 7 heteroatoms. The Labute approximate surface area is 157 Å². The zero-order valence-corrected chi connectivity index (χ0v) is 16.0. The van der Waals surface area contributed by atoms with Crippen molar-refractivity contribution in [2.45, 2.75) is 58.7 Å². The van der Waals surface area contributed by atoms with Crippen molar-refractivity contribution in [3.8, 4) is 0 Å². The first-order valence-electron chi connectivity index (χ1n) is 9.42. The molecule has 1 saturated heterocycles. The molecule has 2 heterocycles. The number of piperidine rings is 1. The first kappa shape index (κ1) is 19.1. The molecule has 7 nitrogen and oxygen atoms in total. The van der Waals surface area contributed by atoms with E-state index in [1.54, 1.807) is 36.1 Å². The molecule has 2 aromatic rings. The van der Waals surface area contributed by atoms with E-state index in [-0.39, 0.29) is 35.9 Å². The number of fused-ring (bicyclic) bond motifs is 1. The lowest BCUT2D eigenvalue weighted by molar-refractivity contribution is -0.140. The van der Waals surface area contributed by atoms with E-state index in [2.05, 4.69) is 5.10 Å². The highest BCUT2D eigenvalue weighted by Crippen LogP contribution is 2.22. The van der Waals surface area contributed by atoms with Crippen LogP contribution in [-0.4, -0.2) is 45.2 Å². The summed E-state index contributed by atoms with van der Waals surface area (Å²) < 4.78 is 6.51. The van der Waals surface area contributed by atoms with E-state index in [1.807, 2.05) is 13.8 Å². The molecule has 0 radical (unpaired) electrons. The van der Waals surface area contributed by atoms with Gasteiger partial charge >= 0.3 is 5.97 Å². The Hall–Kier alpha value is -2.70. The van der Waals surface area contributed by atoms with Gasteiger partial charge in [-0.2, -0.15) is 5.10 Å². The zero-order chi connectivity index (χ0) is 19.6. The smallest absolute Gasteiger partial charge is 0.359 e. The van der Waals surface area contributed by atoms with Crippen LogP contribution in [0.1, 0.15) is 50.5 Å². The number of carbonyl (C=O) groups is 2. The Morgan fingerprint density at radius 3 is 2.41 bits per heavy atom. The van der Waals surface area contributed by atoms with Gasteiger partial charge in [-0.15, -0.1) is 0 Å². The number of carbonyl (C=O) groups excluding carboxylic acids is 2. The molecular weight excluding hydrogens is 346 g/mol. The third-order valence-electron chi connectivity index (χ3n) is 5.17. The maximum atomic E-state index is 12.6. The predicted molar refractivity (Wildman–Crippen MR) is 102 cm³/mol. The second kappa shape index (κ2) is 7.90. The van der Waals surface area contributed by atoms with Crippen LogP contribution in [0.5, 0.6) is 0 Å². The average molecular weight is 371 g/mol. The van der Waals surface area contributed by atoms with Gasteiger partial charge in [0, 0.05) is 24.0 Å². The predicted octanol–water partition coefficient (Wildman–Crippen LogP) is 2.36. The van der Waals surface area contributed by atoms with Crippen LogP contribution in [0.2, 0.25) is 0 Å². The highest BCUT2D eigenvalue weighted by Gasteiger charge is 2.29. The van der Waals surface area contributed by atoms with E-state index >= 15 is 0 Å². The van der Waals surface area contributed by atoms with Crippen LogP contribution in [0.4, 0.5) is 0 Å². The molecule has 0 bridgehead atoms. The van der Waals surface area contributed by atoms with Crippen molar-refractivity contribution in [1.29, 1.82) is 0 Å². The Kier molecular flexibility index (Phi) is 5.58. The van der Waals surface area contributed by atoms with Crippen LogP contribution < -0.4 is 5.56 Å². The molecule has 144 valence electrons. The molecule has 0 saturated carbocycles. The van der Waals surface area contributed by atoms with Crippen molar-refractivity contribution in [2.24, 2.45) is 0 Å². The number of amides is 1. The van der Waals surface area contributed by atoms with Crippen LogP contribution in [-0.2, 0) is 16.1 Å². The van der Waals surface area contributed by atoms with Crippen molar-refractivity contribution in [3.63, 3.8) is 0 Å². The molecule has 27 heavy (non-hydrogen) atoms.